The summed E-state index contributed by atoms with van der Waals surface area (Å²) >= 11 is 0. The maximum Gasteiger partial charge on any atom is 0.191 e. The first kappa shape index (κ1) is 16.8. The Balaban J connectivity index is 1.58. The largest absolute Gasteiger partial charge is 0.379 e. The van der Waals surface area contributed by atoms with E-state index in [0.717, 1.165) is 64.8 Å². The lowest BCUT2D eigenvalue weighted by molar-refractivity contribution is 0.0424. The molecular formula is C15H27N5O2. The molecule has 7 nitrogen and oxygen atoms in total. The second-order valence-corrected chi connectivity index (χ2v) is 5.17. The van der Waals surface area contributed by atoms with E-state index < -0.39 is 0 Å². The molecular weight excluding hydrogens is 282 g/mol. The lowest BCUT2D eigenvalue weighted by Crippen LogP contribution is -2.39. The Labute approximate surface area is 132 Å². The smallest absolute Gasteiger partial charge is 0.191 e. The summed E-state index contributed by atoms with van der Waals surface area (Å²) in [5.74, 6) is 0.846. The minimum absolute atomic E-state index is 0.282. The number of aliphatic imine (C=N–C) groups is 1. The van der Waals surface area contributed by atoms with Gasteiger partial charge in [-0.3, -0.25) is 9.67 Å². The van der Waals surface area contributed by atoms with Crippen LogP contribution < -0.4 is 10.6 Å². The molecule has 0 saturated carbocycles. The van der Waals surface area contributed by atoms with E-state index in [9.17, 15) is 0 Å². The highest BCUT2D eigenvalue weighted by Gasteiger charge is 2.15. The van der Waals surface area contributed by atoms with Crippen molar-refractivity contribution < 1.29 is 9.47 Å². The Morgan fingerprint density at radius 1 is 1.50 bits per heavy atom. The molecule has 2 heterocycles. The molecule has 1 saturated heterocycles. The van der Waals surface area contributed by atoms with Crippen molar-refractivity contribution in [1.29, 1.82) is 0 Å². The molecule has 7 heteroatoms. The second-order valence-electron chi connectivity index (χ2n) is 5.17. The maximum absolute atomic E-state index is 5.73. The highest BCUT2D eigenvalue weighted by Crippen LogP contribution is 2.07. The third-order valence-electron chi connectivity index (χ3n) is 3.35. The minimum atomic E-state index is 0.282. The number of nitrogens with one attached hydrogen (secondary N) is 2. The van der Waals surface area contributed by atoms with Crippen LogP contribution in [0.15, 0.2) is 23.5 Å². The van der Waals surface area contributed by atoms with Gasteiger partial charge in [0.05, 0.1) is 19.3 Å². The molecule has 1 aliphatic heterocycles. The van der Waals surface area contributed by atoms with Crippen molar-refractivity contribution in [3.05, 3.63) is 18.5 Å². The first-order valence-corrected chi connectivity index (χ1v) is 8.07. The summed E-state index contributed by atoms with van der Waals surface area (Å²) in [6, 6.07) is 1.93. The molecule has 0 amide bonds. The van der Waals surface area contributed by atoms with E-state index in [4.69, 9.17) is 9.47 Å². The molecule has 0 radical (unpaired) electrons. The molecule has 2 N–H and O–H groups in total. The van der Waals surface area contributed by atoms with Crippen molar-refractivity contribution in [2.75, 3.05) is 39.5 Å². The zero-order chi connectivity index (χ0) is 15.5. The van der Waals surface area contributed by atoms with Gasteiger partial charge in [0.2, 0.25) is 0 Å². The predicted octanol–water partition coefficient (Wildman–Crippen LogP) is 0.634. The Morgan fingerprint density at radius 3 is 3.18 bits per heavy atom. The summed E-state index contributed by atoms with van der Waals surface area (Å²) in [5, 5.41) is 10.7. The van der Waals surface area contributed by atoms with E-state index in [1.807, 2.05) is 16.9 Å². The van der Waals surface area contributed by atoms with Crippen LogP contribution in [0, 0.1) is 0 Å². The molecule has 1 aromatic rings. The molecule has 1 atom stereocenters. The van der Waals surface area contributed by atoms with Gasteiger partial charge in [-0.05, 0) is 25.8 Å². The van der Waals surface area contributed by atoms with Crippen LogP contribution in [-0.2, 0) is 16.0 Å². The van der Waals surface area contributed by atoms with Crippen LogP contribution in [0.25, 0.3) is 0 Å². The third-order valence-corrected chi connectivity index (χ3v) is 3.35. The summed E-state index contributed by atoms with van der Waals surface area (Å²) in [5.41, 5.74) is 0. The van der Waals surface area contributed by atoms with Gasteiger partial charge in [-0.1, -0.05) is 0 Å². The zero-order valence-electron chi connectivity index (χ0n) is 13.3. The summed E-state index contributed by atoms with van der Waals surface area (Å²) in [6.07, 6.45) is 5.96. The Hall–Kier alpha value is -1.60. The standard InChI is InChI=1S/C15H27N5O2/c1-2-16-15(18-8-10-20-9-3-7-19-20)17-6-4-11-22-14-5-12-21-13-14/h3,7,9,14H,2,4-6,8,10-13H2,1H3,(H2,16,17,18). The summed E-state index contributed by atoms with van der Waals surface area (Å²) in [7, 11) is 0. The molecule has 1 unspecified atom stereocenters. The molecule has 0 bridgehead atoms. The van der Waals surface area contributed by atoms with E-state index in [2.05, 4.69) is 27.6 Å². The number of aromatic nitrogens is 2. The first-order valence-electron chi connectivity index (χ1n) is 8.07. The quantitative estimate of drug-likeness (QED) is 0.398. The number of ether oxygens (including phenoxy) is 2. The lowest BCUT2D eigenvalue weighted by Gasteiger charge is -2.12. The van der Waals surface area contributed by atoms with Crippen LogP contribution in [0.4, 0.5) is 0 Å². The third kappa shape index (κ3) is 6.44. The van der Waals surface area contributed by atoms with Gasteiger partial charge >= 0.3 is 0 Å². The molecule has 124 valence electrons. The van der Waals surface area contributed by atoms with E-state index in [0.29, 0.717) is 0 Å². The Bertz CT molecular complexity index is 416. The zero-order valence-corrected chi connectivity index (χ0v) is 13.3. The van der Waals surface area contributed by atoms with Crippen LogP contribution in [0.2, 0.25) is 0 Å². The maximum atomic E-state index is 5.73. The predicted molar refractivity (Wildman–Crippen MR) is 86.0 cm³/mol. The fourth-order valence-corrected chi connectivity index (χ4v) is 2.21. The molecule has 0 spiro atoms. The van der Waals surface area contributed by atoms with Crippen molar-refractivity contribution >= 4 is 5.96 Å². The van der Waals surface area contributed by atoms with Crippen LogP contribution in [-0.4, -0.2) is 61.3 Å². The van der Waals surface area contributed by atoms with Gasteiger partial charge < -0.3 is 20.1 Å². The molecule has 22 heavy (non-hydrogen) atoms. The van der Waals surface area contributed by atoms with Crippen molar-refractivity contribution in [3.8, 4) is 0 Å². The van der Waals surface area contributed by atoms with Gasteiger partial charge in [-0.15, -0.1) is 0 Å². The summed E-state index contributed by atoms with van der Waals surface area (Å²) < 4.78 is 12.9. The highest BCUT2D eigenvalue weighted by atomic mass is 16.5. The first-order chi connectivity index (χ1) is 10.9. The molecule has 0 aromatic carbocycles. The molecule has 2 rings (SSSR count). The fraction of sp³-hybridized carbons (Fsp3) is 0.733. The van der Waals surface area contributed by atoms with E-state index in [1.165, 1.54) is 0 Å². The summed E-state index contributed by atoms with van der Waals surface area (Å²) in [4.78, 5) is 4.55. The minimum Gasteiger partial charge on any atom is -0.379 e. The number of hydrogen-bond donors (Lipinski definition) is 2. The Kier molecular flexibility index (Phi) is 7.76. The average molecular weight is 309 g/mol. The number of guanidine groups is 1. The van der Waals surface area contributed by atoms with E-state index in [1.54, 1.807) is 6.20 Å². The summed E-state index contributed by atoms with van der Waals surface area (Å²) in [6.45, 7) is 7.59. The molecule has 1 aliphatic rings. The SMILES string of the molecule is CCNC(=NCCCOC1CCOC1)NCCn1cccn1. The second kappa shape index (κ2) is 10.2. The molecule has 1 aromatic heterocycles. The van der Waals surface area contributed by atoms with Gasteiger partial charge in [-0.25, -0.2) is 0 Å². The van der Waals surface area contributed by atoms with E-state index >= 15 is 0 Å². The number of rotatable bonds is 9. The van der Waals surface area contributed by atoms with Crippen LogP contribution in [0.1, 0.15) is 19.8 Å². The average Bonchev–Trinajstić information content (AvgIpc) is 3.20. The fourth-order valence-electron chi connectivity index (χ4n) is 2.21. The van der Waals surface area contributed by atoms with Gasteiger partial charge in [0.1, 0.15) is 0 Å². The monoisotopic (exact) mass is 309 g/mol. The van der Waals surface area contributed by atoms with Gasteiger partial charge in [0.25, 0.3) is 0 Å². The molecule has 0 aliphatic carbocycles. The van der Waals surface area contributed by atoms with Gasteiger partial charge in [0, 0.05) is 45.2 Å². The van der Waals surface area contributed by atoms with Crippen LogP contribution in [0.5, 0.6) is 0 Å². The van der Waals surface area contributed by atoms with Crippen LogP contribution in [0.3, 0.4) is 0 Å². The van der Waals surface area contributed by atoms with Crippen LogP contribution >= 0.6 is 0 Å². The van der Waals surface area contributed by atoms with Gasteiger partial charge in [-0.2, -0.15) is 5.10 Å². The van der Waals surface area contributed by atoms with Crippen molar-refractivity contribution in [2.24, 2.45) is 4.99 Å². The van der Waals surface area contributed by atoms with Gasteiger partial charge in [0.15, 0.2) is 5.96 Å². The highest BCUT2D eigenvalue weighted by molar-refractivity contribution is 5.79. The normalized spacial score (nSPS) is 18.6. The van der Waals surface area contributed by atoms with E-state index in [-0.39, 0.29) is 6.10 Å². The number of nitrogens with zero attached hydrogens (tertiary/aromatic N) is 3. The van der Waals surface area contributed by atoms with Crippen molar-refractivity contribution in [2.45, 2.75) is 32.4 Å². The molecule has 1 fully saturated rings. The lowest BCUT2D eigenvalue weighted by atomic mass is 10.3. The van der Waals surface area contributed by atoms with Crippen molar-refractivity contribution in [3.63, 3.8) is 0 Å². The number of hydrogen-bond acceptors (Lipinski definition) is 4. The van der Waals surface area contributed by atoms with Crippen molar-refractivity contribution in [1.82, 2.24) is 20.4 Å². The topological polar surface area (TPSA) is 72.7 Å². The Morgan fingerprint density at radius 2 is 2.45 bits per heavy atom.